The maximum atomic E-state index is 13.7. The molecule has 0 fully saturated rings. The van der Waals surface area contributed by atoms with E-state index in [0.29, 0.717) is 28.8 Å². The number of carbonyl (C=O) groups is 1. The first-order valence-electron chi connectivity index (χ1n) is 11.4. The quantitative estimate of drug-likeness (QED) is 0.264. The van der Waals surface area contributed by atoms with Gasteiger partial charge in [-0.1, -0.05) is 53.0 Å². The number of aryl methyl sites for hydroxylation is 1. The number of hydrogen-bond donors (Lipinski definition) is 0. The summed E-state index contributed by atoms with van der Waals surface area (Å²) in [5.41, 5.74) is 3.06. The van der Waals surface area contributed by atoms with Gasteiger partial charge in [0.1, 0.15) is 11.3 Å². The van der Waals surface area contributed by atoms with Gasteiger partial charge >= 0.3 is 0 Å². The van der Waals surface area contributed by atoms with Gasteiger partial charge in [-0.3, -0.25) is 14.5 Å². The molecule has 0 saturated heterocycles. The highest BCUT2D eigenvalue weighted by Crippen LogP contribution is 2.41. The first-order valence-corrected chi connectivity index (χ1v) is 12.2. The normalized spacial score (nSPS) is 15.1. The number of halogens is 1. The Morgan fingerprint density at radius 2 is 1.74 bits per heavy atom. The van der Waals surface area contributed by atoms with Crippen LogP contribution in [0, 0.1) is 6.92 Å². The maximum absolute atomic E-state index is 13.7. The van der Waals surface area contributed by atoms with Crippen LogP contribution in [0.2, 0.25) is 0 Å². The molecule has 5 rings (SSSR count). The largest absolute Gasteiger partial charge is 0.494 e. The summed E-state index contributed by atoms with van der Waals surface area (Å²) < 4.78 is 12.8. The molecule has 0 spiro atoms. The zero-order valence-electron chi connectivity index (χ0n) is 19.0. The van der Waals surface area contributed by atoms with Gasteiger partial charge in [0.05, 0.1) is 23.6 Å². The fourth-order valence-corrected chi connectivity index (χ4v) is 4.62. The van der Waals surface area contributed by atoms with Crippen LogP contribution in [-0.2, 0) is 0 Å². The van der Waals surface area contributed by atoms with Crippen LogP contribution in [0.25, 0.3) is 11.0 Å². The molecule has 0 N–H and O–H groups in total. The SMILES string of the molecule is CCCCOc1ccc(C2c3c(oc4ccc(C)cc4c3=O)C(=O)N2c2ccc(Br)cc2)cc1. The van der Waals surface area contributed by atoms with Gasteiger partial charge in [-0.2, -0.15) is 0 Å². The first-order chi connectivity index (χ1) is 16.5. The van der Waals surface area contributed by atoms with Crippen LogP contribution in [0.1, 0.15) is 53.1 Å². The summed E-state index contributed by atoms with van der Waals surface area (Å²) >= 11 is 3.45. The Bertz CT molecular complexity index is 1420. The van der Waals surface area contributed by atoms with Gasteiger partial charge in [-0.15, -0.1) is 0 Å². The van der Waals surface area contributed by atoms with Crippen LogP contribution in [0.4, 0.5) is 5.69 Å². The molecule has 1 amide bonds. The van der Waals surface area contributed by atoms with Crippen molar-refractivity contribution in [3.05, 3.63) is 104 Å². The van der Waals surface area contributed by atoms with Gasteiger partial charge in [-0.05, 0) is 67.4 Å². The van der Waals surface area contributed by atoms with Crippen LogP contribution in [0.3, 0.4) is 0 Å². The monoisotopic (exact) mass is 517 g/mol. The average molecular weight is 518 g/mol. The molecule has 1 aliphatic rings. The Kier molecular flexibility index (Phi) is 6.00. The number of anilines is 1. The van der Waals surface area contributed by atoms with Crippen molar-refractivity contribution < 1.29 is 13.9 Å². The number of unbranched alkanes of at least 4 members (excludes halogenated alkanes) is 1. The Morgan fingerprint density at radius 3 is 2.44 bits per heavy atom. The van der Waals surface area contributed by atoms with Crippen LogP contribution in [0.15, 0.2) is 80.4 Å². The van der Waals surface area contributed by atoms with Gasteiger partial charge in [0.15, 0.2) is 5.43 Å². The van der Waals surface area contributed by atoms with Gasteiger partial charge in [0.25, 0.3) is 5.91 Å². The molecule has 3 aromatic carbocycles. The molecule has 2 heterocycles. The molecule has 0 saturated carbocycles. The minimum atomic E-state index is -0.602. The molecule has 5 nitrogen and oxygen atoms in total. The van der Waals surface area contributed by atoms with E-state index in [9.17, 15) is 9.59 Å². The van der Waals surface area contributed by atoms with Gasteiger partial charge in [-0.25, -0.2) is 0 Å². The zero-order valence-corrected chi connectivity index (χ0v) is 20.6. The van der Waals surface area contributed by atoms with E-state index in [4.69, 9.17) is 9.15 Å². The lowest BCUT2D eigenvalue weighted by atomic mass is 9.98. The van der Waals surface area contributed by atoms with Crippen molar-refractivity contribution in [3.63, 3.8) is 0 Å². The number of ether oxygens (including phenoxy) is 1. The molecule has 6 heteroatoms. The number of benzene rings is 3. The molecule has 4 aromatic rings. The van der Waals surface area contributed by atoms with Gasteiger partial charge in [0, 0.05) is 10.2 Å². The molecule has 0 radical (unpaired) electrons. The van der Waals surface area contributed by atoms with E-state index < -0.39 is 6.04 Å². The van der Waals surface area contributed by atoms with E-state index in [1.54, 1.807) is 11.0 Å². The van der Waals surface area contributed by atoms with Crippen molar-refractivity contribution in [1.29, 1.82) is 0 Å². The molecule has 1 aromatic heterocycles. The minimum Gasteiger partial charge on any atom is -0.494 e. The Morgan fingerprint density at radius 1 is 1.00 bits per heavy atom. The molecule has 0 aliphatic carbocycles. The van der Waals surface area contributed by atoms with E-state index in [2.05, 4.69) is 22.9 Å². The summed E-state index contributed by atoms with van der Waals surface area (Å²) in [6.45, 7) is 4.70. The number of amides is 1. The second-order valence-corrected chi connectivity index (χ2v) is 9.41. The molecule has 1 atom stereocenters. The fourth-order valence-electron chi connectivity index (χ4n) is 4.35. The summed E-state index contributed by atoms with van der Waals surface area (Å²) in [4.78, 5) is 29.0. The highest BCUT2D eigenvalue weighted by molar-refractivity contribution is 9.10. The zero-order chi connectivity index (χ0) is 23.8. The van der Waals surface area contributed by atoms with Crippen molar-refractivity contribution in [2.45, 2.75) is 32.7 Å². The molecular weight excluding hydrogens is 494 g/mol. The van der Waals surface area contributed by atoms with Crippen molar-refractivity contribution in [2.24, 2.45) is 0 Å². The van der Waals surface area contributed by atoms with Gasteiger partial charge < -0.3 is 9.15 Å². The smallest absolute Gasteiger partial charge is 0.295 e. The highest BCUT2D eigenvalue weighted by atomic mass is 79.9. The minimum absolute atomic E-state index is 0.0949. The lowest BCUT2D eigenvalue weighted by Gasteiger charge is -2.25. The van der Waals surface area contributed by atoms with E-state index in [1.165, 1.54) is 0 Å². The number of fused-ring (bicyclic) bond motifs is 2. The van der Waals surface area contributed by atoms with Crippen LogP contribution < -0.4 is 15.1 Å². The topological polar surface area (TPSA) is 59.8 Å². The third kappa shape index (κ3) is 3.92. The predicted octanol–water partition coefficient (Wildman–Crippen LogP) is 6.79. The summed E-state index contributed by atoms with van der Waals surface area (Å²) in [6.07, 6.45) is 2.04. The lowest BCUT2D eigenvalue weighted by molar-refractivity contribution is 0.0971. The Balaban J connectivity index is 1.67. The van der Waals surface area contributed by atoms with Crippen molar-refractivity contribution in [1.82, 2.24) is 0 Å². The molecule has 172 valence electrons. The van der Waals surface area contributed by atoms with Gasteiger partial charge in [0.2, 0.25) is 5.76 Å². The van der Waals surface area contributed by atoms with Crippen molar-refractivity contribution >= 4 is 38.5 Å². The summed E-state index contributed by atoms with van der Waals surface area (Å²) in [6, 6.07) is 19.9. The second kappa shape index (κ2) is 9.11. The van der Waals surface area contributed by atoms with Crippen LogP contribution in [-0.4, -0.2) is 12.5 Å². The summed E-state index contributed by atoms with van der Waals surface area (Å²) in [5, 5.41) is 0.480. The third-order valence-corrected chi connectivity index (χ3v) is 6.62. The fraction of sp³-hybridized carbons (Fsp3) is 0.214. The van der Waals surface area contributed by atoms with E-state index >= 15 is 0 Å². The number of rotatable bonds is 6. The highest BCUT2D eigenvalue weighted by Gasteiger charge is 2.43. The molecule has 1 aliphatic heterocycles. The van der Waals surface area contributed by atoms with Crippen molar-refractivity contribution in [3.8, 4) is 5.75 Å². The standard InChI is InChI=1S/C28H24BrNO4/c1-3-4-15-33-21-12-6-18(7-13-21)25-24-26(31)22-16-17(2)5-14-23(22)34-27(24)28(32)30(25)20-10-8-19(29)9-11-20/h5-14,16,25H,3-4,15H2,1-2H3. The number of carbonyl (C=O) groups excluding carboxylic acids is 1. The number of hydrogen-bond acceptors (Lipinski definition) is 4. The maximum Gasteiger partial charge on any atom is 0.295 e. The third-order valence-electron chi connectivity index (χ3n) is 6.09. The van der Waals surface area contributed by atoms with E-state index in [0.717, 1.165) is 34.2 Å². The predicted molar refractivity (Wildman–Crippen MR) is 137 cm³/mol. The summed E-state index contributed by atoms with van der Waals surface area (Å²) in [7, 11) is 0. The first kappa shape index (κ1) is 22.4. The van der Waals surface area contributed by atoms with E-state index in [1.807, 2.05) is 67.6 Å². The molecule has 34 heavy (non-hydrogen) atoms. The average Bonchev–Trinajstić information content (AvgIpc) is 3.13. The Labute approximate surface area is 206 Å². The van der Waals surface area contributed by atoms with Crippen LogP contribution >= 0.6 is 15.9 Å². The molecule has 0 bridgehead atoms. The molecular formula is C28H24BrNO4. The van der Waals surface area contributed by atoms with E-state index in [-0.39, 0.29) is 17.1 Å². The lowest BCUT2D eigenvalue weighted by Crippen LogP contribution is -2.29. The van der Waals surface area contributed by atoms with Crippen LogP contribution in [0.5, 0.6) is 5.75 Å². The summed E-state index contributed by atoms with van der Waals surface area (Å²) in [5.74, 6) is 0.529. The van der Waals surface area contributed by atoms with Crippen molar-refractivity contribution in [2.75, 3.05) is 11.5 Å². The molecule has 1 unspecified atom stereocenters. The Hall–Kier alpha value is -3.38. The second-order valence-electron chi connectivity index (χ2n) is 8.50. The number of nitrogens with zero attached hydrogens (tertiary/aromatic N) is 1.